The molecule has 0 radical (unpaired) electrons. The van der Waals surface area contributed by atoms with Gasteiger partial charge in [-0.05, 0) is 49.1 Å². The minimum absolute atomic E-state index is 0.454. The van der Waals surface area contributed by atoms with Gasteiger partial charge in [-0.2, -0.15) is 0 Å². The zero-order chi connectivity index (χ0) is 13.1. The average Bonchev–Trinajstić information content (AvgIpc) is 2.83. The first-order valence-electron chi connectivity index (χ1n) is 6.96. The second-order valence-electron chi connectivity index (χ2n) is 5.65. The van der Waals surface area contributed by atoms with E-state index >= 15 is 0 Å². The van der Waals surface area contributed by atoms with Crippen LogP contribution in [-0.2, 0) is 0 Å². The Morgan fingerprint density at radius 3 is 2.72 bits per heavy atom. The second kappa shape index (κ2) is 6.07. The Morgan fingerprint density at radius 1 is 1.33 bits per heavy atom. The summed E-state index contributed by atoms with van der Waals surface area (Å²) in [6.07, 6.45) is 4.02. The summed E-state index contributed by atoms with van der Waals surface area (Å²) in [7, 11) is 3.84. The van der Waals surface area contributed by atoms with Gasteiger partial charge < -0.3 is 10.1 Å². The molecule has 1 N–H and O–H groups in total. The van der Waals surface area contributed by atoms with E-state index in [0.717, 1.165) is 23.5 Å². The van der Waals surface area contributed by atoms with Gasteiger partial charge in [0.2, 0.25) is 0 Å². The number of thiophene rings is 1. The van der Waals surface area contributed by atoms with Gasteiger partial charge in [0.1, 0.15) is 5.75 Å². The Labute approximate surface area is 115 Å². The van der Waals surface area contributed by atoms with Crippen molar-refractivity contribution in [2.45, 2.75) is 39.2 Å². The quantitative estimate of drug-likeness (QED) is 0.887. The van der Waals surface area contributed by atoms with Crippen molar-refractivity contribution in [1.82, 2.24) is 5.32 Å². The van der Waals surface area contributed by atoms with Gasteiger partial charge in [-0.15, -0.1) is 11.3 Å². The van der Waals surface area contributed by atoms with Crippen LogP contribution in [0.1, 0.15) is 44.0 Å². The third-order valence-corrected chi connectivity index (χ3v) is 5.56. The van der Waals surface area contributed by atoms with E-state index in [1.807, 2.05) is 11.3 Å². The molecule has 1 aromatic heterocycles. The molecule has 1 heterocycles. The highest BCUT2D eigenvalue weighted by Crippen LogP contribution is 2.43. The van der Waals surface area contributed by atoms with Crippen molar-refractivity contribution in [3.05, 3.63) is 16.3 Å². The maximum absolute atomic E-state index is 5.48. The van der Waals surface area contributed by atoms with Gasteiger partial charge in [-0.1, -0.05) is 20.3 Å². The Balaban J connectivity index is 2.14. The molecule has 2 nitrogen and oxygen atoms in total. The van der Waals surface area contributed by atoms with Gasteiger partial charge in [0.25, 0.3) is 0 Å². The second-order valence-corrected chi connectivity index (χ2v) is 6.59. The summed E-state index contributed by atoms with van der Waals surface area (Å²) >= 11 is 1.81. The molecule has 4 unspecified atom stereocenters. The Morgan fingerprint density at radius 2 is 2.11 bits per heavy atom. The van der Waals surface area contributed by atoms with Crippen LogP contribution < -0.4 is 10.1 Å². The molecule has 3 heteroatoms. The minimum atomic E-state index is 0.454. The van der Waals surface area contributed by atoms with Crippen LogP contribution in [0, 0.1) is 17.8 Å². The summed E-state index contributed by atoms with van der Waals surface area (Å²) < 4.78 is 5.48. The number of methoxy groups -OCH3 is 1. The number of nitrogens with one attached hydrogen (secondary N) is 1. The van der Waals surface area contributed by atoms with E-state index in [2.05, 4.69) is 37.7 Å². The first kappa shape index (κ1) is 13.9. The molecule has 102 valence electrons. The molecular formula is C15H25NOS. The van der Waals surface area contributed by atoms with Gasteiger partial charge >= 0.3 is 0 Å². The van der Waals surface area contributed by atoms with Crippen LogP contribution in [0.15, 0.2) is 11.4 Å². The fourth-order valence-corrected chi connectivity index (χ4v) is 4.24. The lowest BCUT2D eigenvalue weighted by Crippen LogP contribution is -2.31. The molecule has 0 aliphatic heterocycles. The molecule has 2 rings (SSSR count). The van der Waals surface area contributed by atoms with Crippen molar-refractivity contribution in [1.29, 1.82) is 0 Å². The van der Waals surface area contributed by atoms with Crippen LogP contribution in [0.2, 0.25) is 0 Å². The van der Waals surface area contributed by atoms with Crippen molar-refractivity contribution >= 4 is 11.3 Å². The number of rotatable bonds is 4. The third-order valence-electron chi connectivity index (χ3n) is 4.58. The van der Waals surface area contributed by atoms with E-state index in [9.17, 15) is 0 Å². The normalized spacial score (nSPS) is 30.1. The zero-order valence-corrected chi connectivity index (χ0v) is 12.7. The average molecular weight is 267 g/mol. The van der Waals surface area contributed by atoms with E-state index in [1.54, 1.807) is 7.11 Å². The van der Waals surface area contributed by atoms with Crippen molar-refractivity contribution in [3.8, 4) is 5.75 Å². The number of ether oxygens (including phenoxy) is 1. The van der Waals surface area contributed by atoms with Crippen LogP contribution in [0.4, 0.5) is 0 Å². The maximum atomic E-state index is 5.48. The predicted molar refractivity (Wildman–Crippen MR) is 78.3 cm³/mol. The Bertz CT molecular complexity index is 376. The topological polar surface area (TPSA) is 21.3 Å². The van der Waals surface area contributed by atoms with Crippen LogP contribution in [0.25, 0.3) is 0 Å². The molecule has 4 atom stereocenters. The Kier molecular flexibility index (Phi) is 4.68. The van der Waals surface area contributed by atoms with Gasteiger partial charge in [-0.3, -0.25) is 0 Å². The van der Waals surface area contributed by atoms with E-state index in [0.29, 0.717) is 6.04 Å². The maximum Gasteiger partial charge on any atom is 0.134 e. The predicted octanol–water partition coefficient (Wildman–Crippen LogP) is 4.09. The Hall–Kier alpha value is -0.540. The number of hydrogen-bond donors (Lipinski definition) is 1. The monoisotopic (exact) mass is 267 g/mol. The lowest BCUT2D eigenvalue weighted by atomic mass is 9.73. The lowest BCUT2D eigenvalue weighted by molar-refractivity contribution is 0.174. The smallest absolute Gasteiger partial charge is 0.134 e. The molecule has 1 aliphatic carbocycles. The standard InChI is InChI=1S/C15H25NOS/c1-10-5-6-12(9-11(10)2)14(16-3)15-13(17-4)7-8-18-15/h7-8,10-12,14,16H,5-6,9H2,1-4H3. The third kappa shape index (κ3) is 2.72. The highest BCUT2D eigenvalue weighted by Gasteiger charge is 2.32. The number of hydrogen-bond acceptors (Lipinski definition) is 3. The molecular weight excluding hydrogens is 242 g/mol. The van der Waals surface area contributed by atoms with Gasteiger partial charge in [-0.25, -0.2) is 0 Å². The van der Waals surface area contributed by atoms with Crippen molar-refractivity contribution in [2.75, 3.05) is 14.2 Å². The van der Waals surface area contributed by atoms with E-state index in [4.69, 9.17) is 4.74 Å². The van der Waals surface area contributed by atoms with Gasteiger partial charge in [0.05, 0.1) is 12.0 Å². The summed E-state index contributed by atoms with van der Waals surface area (Å²) in [6.45, 7) is 4.79. The summed E-state index contributed by atoms with van der Waals surface area (Å²) in [4.78, 5) is 1.37. The van der Waals surface area contributed by atoms with E-state index in [1.165, 1.54) is 24.1 Å². The molecule has 0 bridgehead atoms. The molecule has 18 heavy (non-hydrogen) atoms. The van der Waals surface area contributed by atoms with Crippen molar-refractivity contribution in [3.63, 3.8) is 0 Å². The molecule has 0 spiro atoms. The first-order valence-corrected chi connectivity index (χ1v) is 7.84. The van der Waals surface area contributed by atoms with Crippen molar-refractivity contribution in [2.24, 2.45) is 17.8 Å². The van der Waals surface area contributed by atoms with Crippen LogP contribution in [-0.4, -0.2) is 14.2 Å². The van der Waals surface area contributed by atoms with E-state index < -0.39 is 0 Å². The van der Waals surface area contributed by atoms with Crippen molar-refractivity contribution < 1.29 is 4.74 Å². The molecule has 0 aromatic carbocycles. The SMILES string of the molecule is CNC(c1sccc1OC)C1CCC(C)C(C)C1. The largest absolute Gasteiger partial charge is 0.496 e. The molecule has 1 saturated carbocycles. The van der Waals surface area contributed by atoms with Gasteiger partial charge in [0, 0.05) is 6.04 Å². The molecule has 0 amide bonds. The minimum Gasteiger partial charge on any atom is -0.496 e. The zero-order valence-electron chi connectivity index (χ0n) is 11.9. The van der Waals surface area contributed by atoms with Crippen LogP contribution >= 0.6 is 11.3 Å². The molecule has 0 saturated heterocycles. The summed E-state index contributed by atoms with van der Waals surface area (Å²) in [5, 5.41) is 5.65. The molecule has 1 aromatic rings. The van der Waals surface area contributed by atoms with Gasteiger partial charge in [0.15, 0.2) is 0 Å². The van der Waals surface area contributed by atoms with Crippen LogP contribution in [0.3, 0.4) is 0 Å². The highest BCUT2D eigenvalue weighted by atomic mass is 32.1. The summed E-state index contributed by atoms with van der Waals surface area (Å²) in [5.41, 5.74) is 0. The van der Waals surface area contributed by atoms with Crippen LogP contribution in [0.5, 0.6) is 5.75 Å². The fourth-order valence-electron chi connectivity index (χ4n) is 3.18. The summed E-state index contributed by atoms with van der Waals surface area (Å²) in [6, 6.07) is 2.54. The highest BCUT2D eigenvalue weighted by molar-refractivity contribution is 7.10. The first-order chi connectivity index (χ1) is 8.67. The lowest BCUT2D eigenvalue weighted by Gasteiger charge is -2.36. The summed E-state index contributed by atoms with van der Waals surface area (Å²) in [5.74, 6) is 3.51. The molecule has 1 fully saturated rings. The molecule has 1 aliphatic rings. The van der Waals surface area contributed by atoms with E-state index in [-0.39, 0.29) is 0 Å². The fraction of sp³-hybridized carbons (Fsp3) is 0.733.